The van der Waals surface area contributed by atoms with Gasteiger partial charge in [0.1, 0.15) is 0 Å². The lowest BCUT2D eigenvalue weighted by Gasteiger charge is -2.31. The Morgan fingerprint density at radius 2 is 1.85 bits per heavy atom. The van der Waals surface area contributed by atoms with Crippen molar-refractivity contribution in [3.63, 3.8) is 0 Å². The molecular formula is C33H32N2O3S. The van der Waals surface area contributed by atoms with E-state index in [4.69, 9.17) is 14.5 Å². The van der Waals surface area contributed by atoms with E-state index in [2.05, 4.69) is 62.4 Å². The Hall–Kier alpha value is -3.90. The molecule has 0 spiro atoms. The van der Waals surface area contributed by atoms with Gasteiger partial charge in [0.05, 0.1) is 30.0 Å². The van der Waals surface area contributed by atoms with Crippen molar-refractivity contribution in [1.29, 1.82) is 0 Å². The molecule has 0 N–H and O–H groups in total. The van der Waals surface area contributed by atoms with Crippen LogP contribution in [0.5, 0.6) is 11.5 Å². The largest absolute Gasteiger partial charge is 0.493 e. The molecule has 0 saturated carbocycles. The fourth-order valence-corrected chi connectivity index (χ4v) is 6.59. The second-order valence-electron chi connectivity index (χ2n) is 10.3. The number of ether oxygens (including phenoxy) is 2. The molecule has 0 radical (unpaired) electrons. The minimum absolute atomic E-state index is 0.0177. The summed E-state index contributed by atoms with van der Waals surface area (Å²) in [5, 5.41) is 0. The van der Waals surface area contributed by atoms with E-state index >= 15 is 0 Å². The first-order valence-corrected chi connectivity index (χ1v) is 14.3. The number of nitrogens with zero attached hydrogens (tertiary/aromatic N) is 2. The predicted molar refractivity (Wildman–Crippen MR) is 157 cm³/mol. The highest BCUT2D eigenvalue weighted by molar-refractivity contribution is 7.07. The minimum Gasteiger partial charge on any atom is -0.493 e. The van der Waals surface area contributed by atoms with Gasteiger partial charge in [0.25, 0.3) is 5.56 Å². The third-order valence-electron chi connectivity index (χ3n) is 7.58. The standard InChI is InChI=1S/C33H32N2O3S/c1-5-38-28-18-21(10-17-27(28)37-4)19-29-32(36)35-31(24-13-11-22(12-14-24)20(2)3)26-16-15-23-8-6-7-9-25(23)30(26)34-33(35)39-29/h6-14,17-20,31H,5,15-16H2,1-4H3. The number of fused-ring (bicyclic) bond motifs is 3. The molecule has 6 rings (SSSR count). The highest BCUT2D eigenvalue weighted by atomic mass is 32.1. The van der Waals surface area contributed by atoms with Crippen LogP contribution in [0.2, 0.25) is 0 Å². The normalized spacial score (nSPS) is 16.4. The number of methoxy groups -OCH3 is 1. The van der Waals surface area contributed by atoms with Crippen molar-refractivity contribution in [3.8, 4) is 11.5 Å². The number of hydrogen-bond donors (Lipinski definition) is 0. The van der Waals surface area contributed by atoms with Gasteiger partial charge in [-0.2, -0.15) is 0 Å². The van der Waals surface area contributed by atoms with Crippen molar-refractivity contribution in [3.05, 3.63) is 120 Å². The number of benzene rings is 3. The quantitative estimate of drug-likeness (QED) is 0.311. The molecule has 2 aliphatic rings. The number of rotatable bonds is 6. The topological polar surface area (TPSA) is 52.8 Å². The maximum absolute atomic E-state index is 14.0. The predicted octanol–water partition coefficient (Wildman–Crippen LogP) is 5.85. The number of thiazole rings is 1. The van der Waals surface area contributed by atoms with Crippen LogP contribution in [-0.4, -0.2) is 18.3 Å². The summed E-state index contributed by atoms with van der Waals surface area (Å²) in [7, 11) is 1.63. The van der Waals surface area contributed by atoms with Crippen molar-refractivity contribution in [2.75, 3.05) is 13.7 Å². The summed E-state index contributed by atoms with van der Waals surface area (Å²) in [5.74, 6) is 1.78. The highest BCUT2D eigenvalue weighted by Crippen LogP contribution is 2.41. The molecule has 4 aromatic rings. The van der Waals surface area contributed by atoms with Gasteiger partial charge in [0, 0.05) is 5.56 Å². The average molecular weight is 537 g/mol. The molecule has 1 aliphatic carbocycles. The van der Waals surface area contributed by atoms with Gasteiger partial charge in [-0.3, -0.25) is 9.36 Å². The van der Waals surface area contributed by atoms with E-state index < -0.39 is 0 Å². The van der Waals surface area contributed by atoms with E-state index in [1.54, 1.807) is 7.11 Å². The second kappa shape index (κ2) is 10.3. The van der Waals surface area contributed by atoms with Crippen LogP contribution in [0.1, 0.15) is 67.0 Å². The van der Waals surface area contributed by atoms with Crippen LogP contribution in [-0.2, 0) is 6.42 Å². The monoisotopic (exact) mass is 536 g/mol. The summed E-state index contributed by atoms with van der Waals surface area (Å²) in [6.45, 7) is 6.88. The van der Waals surface area contributed by atoms with Gasteiger partial charge >= 0.3 is 0 Å². The molecule has 3 aromatic carbocycles. The Morgan fingerprint density at radius 3 is 2.59 bits per heavy atom. The summed E-state index contributed by atoms with van der Waals surface area (Å²) in [4.78, 5) is 19.9. The van der Waals surface area contributed by atoms with E-state index in [-0.39, 0.29) is 11.6 Å². The zero-order valence-corrected chi connectivity index (χ0v) is 23.5. The summed E-state index contributed by atoms with van der Waals surface area (Å²) in [6.07, 6.45) is 3.76. The van der Waals surface area contributed by atoms with Crippen LogP contribution in [0.25, 0.3) is 11.8 Å². The van der Waals surface area contributed by atoms with E-state index in [1.165, 1.54) is 33.6 Å². The lowest BCUT2D eigenvalue weighted by Crippen LogP contribution is -2.38. The molecule has 6 heteroatoms. The molecule has 2 heterocycles. The SMILES string of the molecule is CCOc1cc(C=c2sc3n(c2=O)C(c2ccc(C(C)C)cc2)C2=C(N=3)c3ccccc3CC2)ccc1OC. The van der Waals surface area contributed by atoms with Gasteiger partial charge in [-0.25, -0.2) is 4.99 Å². The minimum atomic E-state index is -0.178. The van der Waals surface area contributed by atoms with Crippen molar-refractivity contribution < 1.29 is 9.47 Å². The first-order valence-electron chi connectivity index (χ1n) is 13.5. The van der Waals surface area contributed by atoms with Crippen LogP contribution in [0.15, 0.2) is 82.1 Å². The van der Waals surface area contributed by atoms with Crippen molar-refractivity contribution in [1.82, 2.24) is 4.57 Å². The Kier molecular flexibility index (Phi) is 6.73. The second-order valence-corrected chi connectivity index (χ2v) is 11.3. The molecule has 39 heavy (non-hydrogen) atoms. The van der Waals surface area contributed by atoms with Gasteiger partial charge in [0.15, 0.2) is 16.3 Å². The Bertz CT molecular complexity index is 1760. The van der Waals surface area contributed by atoms with Crippen LogP contribution in [0.4, 0.5) is 0 Å². The zero-order chi connectivity index (χ0) is 27.1. The molecule has 1 unspecified atom stereocenters. The number of allylic oxidation sites excluding steroid dienone is 1. The fraction of sp³-hybridized carbons (Fsp3) is 0.273. The maximum atomic E-state index is 14.0. The molecule has 0 saturated heterocycles. The van der Waals surface area contributed by atoms with E-state index in [0.29, 0.717) is 28.6 Å². The molecule has 0 fully saturated rings. The molecule has 198 valence electrons. The van der Waals surface area contributed by atoms with Crippen LogP contribution < -0.4 is 24.4 Å². The Labute approximate surface area is 232 Å². The van der Waals surface area contributed by atoms with Gasteiger partial charge in [-0.15, -0.1) is 0 Å². The van der Waals surface area contributed by atoms with E-state index in [9.17, 15) is 4.79 Å². The highest BCUT2D eigenvalue weighted by Gasteiger charge is 2.32. The zero-order valence-electron chi connectivity index (χ0n) is 22.7. The first-order chi connectivity index (χ1) is 19.0. The third-order valence-corrected chi connectivity index (χ3v) is 8.56. The molecule has 1 atom stereocenters. The summed E-state index contributed by atoms with van der Waals surface area (Å²) in [5.41, 5.74) is 8.01. The molecule has 1 aromatic heterocycles. The summed E-state index contributed by atoms with van der Waals surface area (Å²) in [6, 6.07) is 22.8. The lowest BCUT2D eigenvalue weighted by molar-refractivity contribution is 0.311. The van der Waals surface area contributed by atoms with Gasteiger partial charge in [-0.1, -0.05) is 79.8 Å². The van der Waals surface area contributed by atoms with Crippen molar-refractivity contribution >= 4 is 23.1 Å². The van der Waals surface area contributed by atoms with Crippen LogP contribution in [0, 0.1) is 0 Å². The molecular weight excluding hydrogens is 504 g/mol. The van der Waals surface area contributed by atoms with Gasteiger partial charge in [-0.05, 0) is 71.7 Å². The third kappa shape index (κ3) is 4.53. The Morgan fingerprint density at radius 1 is 1.05 bits per heavy atom. The lowest BCUT2D eigenvalue weighted by atomic mass is 9.83. The molecule has 0 bridgehead atoms. The fourth-order valence-electron chi connectivity index (χ4n) is 5.59. The average Bonchev–Trinajstić information content (AvgIpc) is 3.26. The van der Waals surface area contributed by atoms with Crippen molar-refractivity contribution in [2.24, 2.45) is 4.99 Å². The van der Waals surface area contributed by atoms with Gasteiger partial charge < -0.3 is 9.47 Å². The number of hydrogen-bond acceptors (Lipinski definition) is 5. The first kappa shape index (κ1) is 25.4. The Balaban J connectivity index is 1.55. The maximum Gasteiger partial charge on any atom is 0.271 e. The molecule has 1 aliphatic heterocycles. The smallest absolute Gasteiger partial charge is 0.271 e. The van der Waals surface area contributed by atoms with E-state index in [1.807, 2.05) is 35.8 Å². The molecule has 5 nitrogen and oxygen atoms in total. The van der Waals surface area contributed by atoms with E-state index in [0.717, 1.165) is 34.5 Å². The van der Waals surface area contributed by atoms with Crippen LogP contribution >= 0.6 is 11.3 Å². The summed E-state index contributed by atoms with van der Waals surface area (Å²) < 4.78 is 13.8. The summed E-state index contributed by atoms with van der Waals surface area (Å²) >= 11 is 1.44. The molecule has 0 amide bonds. The number of aryl methyl sites for hydroxylation is 1. The van der Waals surface area contributed by atoms with Crippen LogP contribution in [0.3, 0.4) is 0 Å². The van der Waals surface area contributed by atoms with Gasteiger partial charge in [0.2, 0.25) is 0 Å². The number of aromatic nitrogens is 1. The van der Waals surface area contributed by atoms with Crippen molar-refractivity contribution in [2.45, 2.75) is 45.6 Å².